The molecule has 1 amide bonds. The van der Waals surface area contributed by atoms with E-state index in [1.165, 1.54) is 11.1 Å². The Balaban J connectivity index is 1.79. The van der Waals surface area contributed by atoms with Crippen LogP contribution in [0, 0.1) is 18.8 Å². The van der Waals surface area contributed by atoms with Crippen molar-refractivity contribution in [1.82, 2.24) is 10.6 Å². The zero-order chi connectivity index (χ0) is 17.9. The van der Waals surface area contributed by atoms with Crippen molar-refractivity contribution in [2.24, 2.45) is 11.8 Å². The van der Waals surface area contributed by atoms with E-state index in [9.17, 15) is 4.79 Å². The van der Waals surface area contributed by atoms with Crippen LogP contribution in [0.5, 0.6) is 5.75 Å². The monoisotopic (exact) mass is 346 g/mol. The number of ether oxygens (including phenoxy) is 2. The van der Waals surface area contributed by atoms with E-state index in [0.717, 1.165) is 44.9 Å². The number of rotatable bonds is 6. The first-order valence-electron chi connectivity index (χ1n) is 9.27. The highest BCUT2D eigenvalue weighted by molar-refractivity contribution is 5.79. The van der Waals surface area contributed by atoms with E-state index in [0.29, 0.717) is 12.5 Å². The molecule has 2 aliphatic rings. The summed E-state index contributed by atoms with van der Waals surface area (Å²) < 4.78 is 11.2. The molecule has 2 heterocycles. The third kappa shape index (κ3) is 3.82. The summed E-state index contributed by atoms with van der Waals surface area (Å²) in [5, 5.41) is 6.48. The van der Waals surface area contributed by atoms with Gasteiger partial charge in [0.2, 0.25) is 5.91 Å². The maximum Gasteiger partial charge on any atom is 0.223 e. The molecule has 0 saturated carbocycles. The summed E-state index contributed by atoms with van der Waals surface area (Å²) in [6.45, 7) is 8.09. The van der Waals surface area contributed by atoms with Crippen LogP contribution in [0.2, 0.25) is 0 Å². The minimum Gasteiger partial charge on any atom is -0.496 e. The molecule has 0 aromatic heterocycles. The zero-order valence-corrected chi connectivity index (χ0v) is 15.6. The zero-order valence-electron chi connectivity index (χ0n) is 15.6. The fraction of sp³-hybridized carbons (Fsp3) is 0.650. The van der Waals surface area contributed by atoms with Gasteiger partial charge in [0.05, 0.1) is 7.11 Å². The van der Waals surface area contributed by atoms with Crippen LogP contribution in [-0.2, 0) is 14.9 Å². The Labute approximate surface area is 150 Å². The molecule has 3 rings (SSSR count). The Bertz CT molecular complexity index is 607. The number of hydrogen-bond donors (Lipinski definition) is 2. The van der Waals surface area contributed by atoms with Crippen molar-refractivity contribution < 1.29 is 14.3 Å². The molecule has 2 aliphatic heterocycles. The predicted molar refractivity (Wildman–Crippen MR) is 98.0 cm³/mol. The fourth-order valence-corrected chi connectivity index (χ4v) is 3.84. The Morgan fingerprint density at radius 3 is 2.72 bits per heavy atom. The molecule has 0 spiro atoms. The van der Waals surface area contributed by atoms with E-state index >= 15 is 0 Å². The highest BCUT2D eigenvalue weighted by Gasteiger charge is 2.38. The first-order chi connectivity index (χ1) is 12.1. The van der Waals surface area contributed by atoms with Crippen LogP contribution in [0.4, 0.5) is 0 Å². The van der Waals surface area contributed by atoms with Crippen LogP contribution in [0.15, 0.2) is 18.2 Å². The maximum absolute atomic E-state index is 12.6. The summed E-state index contributed by atoms with van der Waals surface area (Å²) in [6, 6.07) is 6.31. The average Bonchev–Trinajstić information content (AvgIpc) is 2.59. The quantitative estimate of drug-likeness (QED) is 0.827. The van der Waals surface area contributed by atoms with Crippen LogP contribution < -0.4 is 15.4 Å². The molecule has 1 aromatic rings. The molecule has 0 radical (unpaired) electrons. The van der Waals surface area contributed by atoms with Gasteiger partial charge in [-0.1, -0.05) is 24.6 Å². The average molecular weight is 346 g/mol. The molecule has 5 heteroatoms. The SMILES string of the molecule is COc1ccc(C)cc1C1(CNC(=O)C(C)C2CNC2)CCOCC1. The van der Waals surface area contributed by atoms with E-state index in [1.807, 2.05) is 13.0 Å². The summed E-state index contributed by atoms with van der Waals surface area (Å²) in [4.78, 5) is 12.6. The Hall–Kier alpha value is -1.59. The van der Waals surface area contributed by atoms with Gasteiger partial charge in [-0.3, -0.25) is 4.79 Å². The summed E-state index contributed by atoms with van der Waals surface area (Å²) >= 11 is 0. The van der Waals surface area contributed by atoms with Crippen LogP contribution in [0.25, 0.3) is 0 Å². The minimum absolute atomic E-state index is 0.0533. The molecule has 25 heavy (non-hydrogen) atoms. The molecule has 5 nitrogen and oxygen atoms in total. The van der Waals surface area contributed by atoms with Crippen molar-refractivity contribution in [2.45, 2.75) is 32.1 Å². The number of carbonyl (C=O) groups excluding carboxylic acids is 1. The molecule has 2 saturated heterocycles. The van der Waals surface area contributed by atoms with Gasteiger partial charge in [-0.15, -0.1) is 0 Å². The topological polar surface area (TPSA) is 59.6 Å². The number of benzene rings is 1. The van der Waals surface area contributed by atoms with Crippen molar-refractivity contribution in [1.29, 1.82) is 0 Å². The first-order valence-corrected chi connectivity index (χ1v) is 9.27. The number of hydrogen-bond acceptors (Lipinski definition) is 4. The minimum atomic E-state index is -0.122. The van der Waals surface area contributed by atoms with Crippen molar-refractivity contribution >= 4 is 5.91 Å². The summed E-state index contributed by atoms with van der Waals surface area (Å²) in [6.07, 6.45) is 1.79. The van der Waals surface area contributed by atoms with E-state index in [2.05, 4.69) is 29.7 Å². The van der Waals surface area contributed by atoms with Crippen molar-refractivity contribution in [3.05, 3.63) is 29.3 Å². The molecular weight excluding hydrogens is 316 g/mol. The van der Waals surface area contributed by atoms with Gasteiger partial charge in [0.1, 0.15) is 5.75 Å². The van der Waals surface area contributed by atoms with Gasteiger partial charge in [0.15, 0.2) is 0 Å². The molecule has 1 unspecified atom stereocenters. The maximum atomic E-state index is 12.6. The number of carbonyl (C=O) groups is 1. The van der Waals surface area contributed by atoms with E-state index < -0.39 is 0 Å². The summed E-state index contributed by atoms with van der Waals surface area (Å²) in [5.74, 6) is 1.57. The normalized spacial score (nSPS) is 21.2. The summed E-state index contributed by atoms with van der Waals surface area (Å²) in [7, 11) is 1.71. The lowest BCUT2D eigenvalue weighted by Gasteiger charge is -2.39. The smallest absolute Gasteiger partial charge is 0.223 e. The van der Waals surface area contributed by atoms with Crippen LogP contribution in [0.1, 0.15) is 30.9 Å². The molecule has 0 aliphatic carbocycles. The molecule has 2 fully saturated rings. The lowest BCUT2D eigenvalue weighted by Crippen LogP contribution is -2.52. The van der Waals surface area contributed by atoms with Gasteiger partial charge in [0.25, 0.3) is 0 Å². The Kier molecular flexibility index (Phi) is 5.64. The van der Waals surface area contributed by atoms with Crippen LogP contribution in [0.3, 0.4) is 0 Å². The molecule has 138 valence electrons. The van der Waals surface area contributed by atoms with Gasteiger partial charge < -0.3 is 20.1 Å². The van der Waals surface area contributed by atoms with Crippen LogP contribution in [-0.4, -0.2) is 45.9 Å². The van der Waals surface area contributed by atoms with Crippen molar-refractivity contribution in [2.75, 3.05) is 40.0 Å². The van der Waals surface area contributed by atoms with Gasteiger partial charge in [0, 0.05) is 36.7 Å². The van der Waals surface area contributed by atoms with Crippen molar-refractivity contribution in [3.63, 3.8) is 0 Å². The van der Waals surface area contributed by atoms with Crippen LogP contribution >= 0.6 is 0 Å². The number of methoxy groups -OCH3 is 1. The molecule has 1 atom stereocenters. The largest absolute Gasteiger partial charge is 0.496 e. The van der Waals surface area contributed by atoms with Gasteiger partial charge in [-0.25, -0.2) is 0 Å². The second kappa shape index (κ2) is 7.75. The third-order valence-corrected chi connectivity index (χ3v) is 5.91. The Morgan fingerprint density at radius 2 is 2.12 bits per heavy atom. The standard InChI is InChI=1S/C20H30N2O3/c1-14-4-5-18(24-3)17(10-14)20(6-8-25-9-7-20)13-22-19(23)15(2)16-11-21-12-16/h4-5,10,15-16,21H,6-9,11-13H2,1-3H3,(H,22,23). The molecular formula is C20H30N2O3. The Morgan fingerprint density at radius 1 is 1.40 bits per heavy atom. The van der Waals surface area contributed by atoms with E-state index in [-0.39, 0.29) is 17.2 Å². The lowest BCUT2D eigenvalue weighted by atomic mass is 9.73. The van der Waals surface area contributed by atoms with Crippen molar-refractivity contribution in [3.8, 4) is 5.75 Å². The molecule has 0 bridgehead atoms. The molecule has 1 aromatic carbocycles. The molecule has 2 N–H and O–H groups in total. The van der Waals surface area contributed by atoms with E-state index in [1.54, 1.807) is 7.11 Å². The second-order valence-electron chi connectivity index (χ2n) is 7.52. The second-order valence-corrected chi connectivity index (χ2v) is 7.52. The fourth-order valence-electron chi connectivity index (χ4n) is 3.84. The number of aryl methyl sites for hydroxylation is 1. The van der Waals surface area contributed by atoms with E-state index in [4.69, 9.17) is 9.47 Å². The van der Waals surface area contributed by atoms with Gasteiger partial charge >= 0.3 is 0 Å². The number of nitrogens with one attached hydrogen (secondary N) is 2. The lowest BCUT2D eigenvalue weighted by molar-refractivity contribution is -0.127. The first kappa shape index (κ1) is 18.2. The third-order valence-electron chi connectivity index (χ3n) is 5.91. The highest BCUT2D eigenvalue weighted by Crippen LogP contribution is 2.40. The summed E-state index contributed by atoms with van der Waals surface area (Å²) in [5.41, 5.74) is 2.28. The van der Waals surface area contributed by atoms with Gasteiger partial charge in [-0.05, 0) is 44.8 Å². The number of amides is 1. The highest BCUT2D eigenvalue weighted by atomic mass is 16.5. The van der Waals surface area contributed by atoms with Gasteiger partial charge in [-0.2, -0.15) is 0 Å². The predicted octanol–water partition coefficient (Wildman–Crippen LogP) is 2.02.